The highest BCUT2D eigenvalue weighted by Gasteiger charge is 2.81. The topological polar surface area (TPSA) is 87.1 Å². The summed E-state index contributed by atoms with van der Waals surface area (Å²) < 4.78 is 6.45. The molecule has 26 heavy (non-hydrogen) atoms. The van der Waals surface area contributed by atoms with Crippen LogP contribution >= 0.6 is 0 Å². The van der Waals surface area contributed by atoms with Crippen molar-refractivity contribution in [1.29, 1.82) is 0 Å². The molecule has 1 saturated heterocycles. The SMILES string of the molecule is C[C@]12CCC(=O)C=C1CC[C@H]1[C@@H]3CC[C@](O)(C(=O)CO)[C@@]3(C)CC3O[C@]312. The summed E-state index contributed by atoms with van der Waals surface area (Å²) in [6.07, 6.45) is 7.08. The van der Waals surface area contributed by atoms with Gasteiger partial charge in [-0.05, 0) is 56.4 Å². The lowest BCUT2D eigenvalue weighted by atomic mass is 9.46. The van der Waals surface area contributed by atoms with Gasteiger partial charge >= 0.3 is 0 Å². The van der Waals surface area contributed by atoms with Gasteiger partial charge in [0.2, 0.25) is 0 Å². The molecule has 0 radical (unpaired) electrons. The Labute approximate surface area is 153 Å². The normalized spacial score (nSPS) is 54.5. The number of carbonyl (C=O) groups is 2. The van der Waals surface area contributed by atoms with Crippen molar-refractivity contribution in [3.05, 3.63) is 11.6 Å². The average Bonchev–Trinajstić information content (AvgIpc) is 3.27. The first kappa shape index (κ1) is 17.1. The molecule has 0 aromatic rings. The van der Waals surface area contributed by atoms with E-state index in [4.69, 9.17) is 4.74 Å². The van der Waals surface area contributed by atoms with E-state index in [1.807, 2.05) is 13.0 Å². The van der Waals surface area contributed by atoms with Crippen molar-refractivity contribution in [2.75, 3.05) is 6.61 Å². The molecule has 1 aliphatic heterocycles. The van der Waals surface area contributed by atoms with Gasteiger partial charge in [-0.15, -0.1) is 0 Å². The number of ether oxygens (including phenoxy) is 1. The Balaban J connectivity index is 1.57. The van der Waals surface area contributed by atoms with Crippen molar-refractivity contribution in [2.24, 2.45) is 22.7 Å². The van der Waals surface area contributed by atoms with E-state index in [9.17, 15) is 19.8 Å². The molecule has 0 aromatic carbocycles. The second kappa shape index (κ2) is 4.86. The maximum atomic E-state index is 12.4. The number of aliphatic hydroxyl groups is 2. The monoisotopic (exact) mass is 360 g/mol. The number of rotatable bonds is 2. The molecular weight excluding hydrogens is 332 g/mol. The number of hydrogen-bond acceptors (Lipinski definition) is 5. The molecule has 5 aliphatic rings. The van der Waals surface area contributed by atoms with Gasteiger partial charge in [0.05, 0.1) is 6.10 Å². The van der Waals surface area contributed by atoms with Gasteiger partial charge in [-0.1, -0.05) is 19.4 Å². The maximum absolute atomic E-state index is 12.4. The van der Waals surface area contributed by atoms with Crippen molar-refractivity contribution in [3.63, 3.8) is 0 Å². The van der Waals surface area contributed by atoms with Gasteiger partial charge in [0.1, 0.15) is 17.8 Å². The van der Waals surface area contributed by atoms with Gasteiger partial charge in [-0.3, -0.25) is 9.59 Å². The van der Waals surface area contributed by atoms with E-state index < -0.39 is 23.4 Å². The van der Waals surface area contributed by atoms with Gasteiger partial charge in [0.15, 0.2) is 11.6 Å². The van der Waals surface area contributed by atoms with Crippen LogP contribution in [0.5, 0.6) is 0 Å². The van der Waals surface area contributed by atoms with Crippen LogP contribution in [-0.2, 0) is 14.3 Å². The van der Waals surface area contributed by atoms with Crippen LogP contribution in [0.25, 0.3) is 0 Å². The predicted octanol–water partition coefficient (Wildman–Crippen LogP) is 1.94. The van der Waals surface area contributed by atoms with Crippen molar-refractivity contribution in [2.45, 2.75) is 76.1 Å². The number of aliphatic hydroxyl groups excluding tert-OH is 1. The lowest BCUT2D eigenvalue weighted by Gasteiger charge is -2.56. The molecule has 5 heteroatoms. The molecule has 0 amide bonds. The van der Waals surface area contributed by atoms with Crippen LogP contribution in [0.1, 0.15) is 58.8 Å². The maximum Gasteiger partial charge on any atom is 0.190 e. The van der Waals surface area contributed by atoms with E-state index in [1.165, 1.54) is 5.57 Å². The molecular formula is C21H28O5. The third kappa shape index (κ3) is 1.65. The van der Waals surface area contributed by atoms with Crippen LogP contribution in [-0.4, -0.2) is 45.7 Å². The highest BCUT2D eigenvalue weighted by Crippen LogP contribution is 2.76. The molecule has 7 atom stereocenters. The van der Waals surface area contributed by atoms with E-state index in [2.05, 4.69) is 6.92 Å². The lowest BCUT2D eigenvalue weighted by Crippen LogP contribution is -2.61. The van der Waals surface area contributed by atoms with E-state index >= 15 is 0 Å². The van der Waals surface area contributed by atoms with Crippen LogP contribution < -0.4 is 0 Å². The van der Waals surface area contributed by atoms with Crippen LogP contribution in [0.4, 0.5) is 0 Å². The summed E-state index contributed by atoms with van der Waals surface area (Å²) in [4.78, 5) is 24.4. The number of fused-ring (bicyclic) bond motifs is 3. The van der Waals surface area contributed by atoms with Crippen molar-refractivity contribution in [1.82, 2.24) is 0 Å². The zero-order chi connectivity index (χ0) is 18.5. The largest absolute Gasteiger partial charge is 0.388 e. The predicted molar refractivity (Wildman–Crippen MR) is 93.2 cm³/mol. The standard InChI is InChI=1S/C21H28O5/c1-18-7-5-13(23)9-12(18)3-4-15-14-6-8-20(25,16(24)11-22)19(14,2)10-17-21(15,18)26-17/h9,14-15,17,22,25H,3-8,10-11H2,1-2H3/t14-,15-,17?,18-,19-,20-,21-/m0/s1. The summed E-state index contributed by atoms with van der Waals surface area (Å²) in [6.45, 7) is 3.69. The summed E-state index contributed by atoms with van der Waals surface area (Å²) in [5, 5.41) is 20.7. The Morgan fingerprint density at radius 1 is 1.23 bits per heavy atom. The summed E-state index contributed by atoms with van der Waals surface area (Å²) in [5.74, 6) is 0.315. The van der Waals surface area contributed by atoms with E-state index in [1.54, 1.807) is 0 Å². The molecule has 4 aliphatic carbocycles. The van der Waals surface area contributed by atoms with Gasteiger partial charge in [-0.25, -0.2) is 0 Å². The van der Waals surface area contributed by atoms with E-state index in [0.717, 1.165) is 25.7 Å². The Kier molecular flexibility index (Phi) is 3.20. The third-order valence-electron chi connectivity index (χ3n) is 9.09. The molecule has 3 saturated carbocycles. The summed E-state index contributed by atoms with van der Waals surface area (Å²) in [6, 6.07) is 0. The Bertz CT molecular complexity index is 743. The zero-order valence-corrected chi connectivity index (χ0v) is 15.6. The van der Waals surface area contributed by atoms with Gasteiger partial charge < -0.3 is 14.9 Å². The van der Waals surface area contributed by atoms with Crippen molar-refractivity contribution < 1.29 is 24.5 Å². The van der Waals surface area contributed by atoms with Crippen molar-refractivity contribution >= 4 is 11.6 Å². The fourth-order valence-electron chi connectivity index (χ4n) is 7.61. The first-order valence-electron chi connectivity index (χ1n) is 10.0. The molecule has 2 N–H and O–H groups in total. The Hall–Kier alpha value is -1.04. The molecule has 5 nitrogen and oxygen atoms in total. The van der Waals surface area contributed by atoms with Crippen LogP contribution in [0.15, 0.2) is 11.6 Å². The van der Waals surface area contributed by atoms with Crippen LogP contribution in [0.3, 0.4) is 0 Å². The average molecular weight is 360 g/mol. The second-order valence-corrected chi connectivity index (χ2v) is 9.72. The number of ketones is 2. The highest BCUT2D eigenvalue weighted by atomic mass is 16.6. The molecule has 1 unspecified atom stereocenters. The van der Waals surface area contributed by atoms with Crippen LogP contribution in [0, 0.1) is 22.7 Å². The molecule has 0 aromatic heterocycles. The molecule has 0 bridgehead atoms. The van der Waals surface area contributed by atoms with Gasteiger partial charge in [0, 0.05) is 17.3 Å². The van der Waals surface area contributed by atoms with Gasteiger partial charge in [-0.2, -0.15) is 0 Å². The number of hydrogen-bond donors (Lipinski definition) is 2. The quantitative estimate of drug-likeness (QED) is 0.735. The number of carbonyl (C=O) groups excluding carboxylic acids is 2. The first-order chi connectivity index (χ1) is 12.2. The fourth-order valence-corrected chi connectivity index (χ4v) is 7.61. The molecule has 1 heterocycles. The van der Waals surface area contributed by atoms with E-state index in [-0.39, 0.29) is 28.8 Å². The highest BCUT2D eigenvalue weighted by molar-refractivity contribution is 5.92. The molecule has 5 rings (SSSR count). The summed E-state index contributed by atoms with van der Waals surface area (Å²) in [5.41, 5.74) is -1.06. The number of Topliss-reactive ketones (excluding diaryl/α,β-unsaturated/α-hetero) is 1. The van der Waals surface area contributed by atoms with Gasteiger partial charge in [0.25, 0.3) is 0 Å². The zero-order valence-electron chi connectivity index (χ0n) is 15.6. The first-order valence-corrected chi connectivity index (χ1v) is 10.0. The minimum atomic E-state index is -1.44. The van der Waals surface area contributed by atoms with Crippen LogP contribution in [0.2, 0.25) is 0 Å². The molecule has 1 spiro atoms. The Morgan fingerprint density at radius 2 is 2.00 bits per heavy atom. The van der Waals surface area contributed by atoms with Crippen molar-refractivity contribution in [3.8, 4) is 0 Å². The molecule has 142 valence electrons. The third-order valence-corrected chi connectivity index (χ3v) is 9.09. The summed E-state index contributed by atoms with van der Waals surface area (Å²) in [7, 11) is 0. The summed E-state index contributed by atoms with van der Waals surface area (Å²) >= 11 is 0. The minimum Gasteiger partial charge on any atom is -0.388 e. The Morgan fingerprint density at radius 3 is 2.73 bits per heavy atom. The smallest absolute Gasteiger partial charge is 0.190 e. The fraction of sp³-hybridized carbons (Fsp3) is 0.810. The second-order valence-electron chi connectivity index (χ2n) is 9.72. The minimum absolute atomic E-state index is 0.0340. The number of epoxide rings is 1. The molecule has 4 fully saturated rings. The van der Waals surface area contributed by atoms with E-state index in [0.29, 0.717) is 25.2 Å². The lowest BCUT2D eigenvalue weighted by molar-refractivity contribution is -0.160.